The van der Waals surface area contributed by atoms with Crippen LogP contribution in [0.3, 0.4) is 0 Å². The van der Waals surface area contributed by atoms with E-state index >= 15 is 0 Å². The fraction of sp³-hybridized carbons (Fsp3) is 0.588. The highest BCUT2D eigenvalue weighted by molar-refractivity contribution is 5.79. The predicted molar refractivity (Wildman–Crippen MR) is 82.3 cm³/mol. The van der Waals surface area contributed by atoms with Crippen LogP contribution in [0.5, 0.6) is 0 Å². The predicted octanol–water partition coefficient (Wildman–Crippen LogP) is 2.94. The maximum atomic E-state index is 12.3. The van der Waals surface area contributed by atoms with Crippen molar-refractivity contribution in [3.63, 3.8) is 0 Å². The number of hydrogen-bond donors (Lipinski definition) is 2. The summed E-state index contributed by atoms with van der Waals surface area (Å²) in [6.45, 7) is 4.19. The smallest absolute Gasteiger partial charge is 0.223 e. The highest BCUT2D eigenvalue weighted by Crippen LogP contribution is 2.24. The third kappa shape index (κ3) is 3.83. The Morgan fingerprint density at radius 3 is 2.65 bits per heavy atom. The maximum absolute atomic E-state index is 12.3. The van der Waals surface area contributed by atoms with Crippen molar-refractivity contribution < 1.29 is 4.79 Å². The van der Waals surface area contributed by atoms with Gasteiger partial charge in [-0.15, -0.1) is 0 Å². The molecule has 0 saturated heterocycles. The lowest BCUT2D eigenvalue weighted by Gasteiger charge is -2.27. The molecule has 0 aliphatic heterocycles. The Hall–Kier alpha value is -1.35. The van der Waals surface area contributed by atoms with Gasteiger partial charge in [-0.1, -0.05) is 37.6 Å². The molecule has 1 saturated carbocycles. The van der Waals surface area contributed by atoms with E-state index in [0.717, 1.165) is 37.7 Å². The zero-order valence-electron chi connectivity index (χ0n) is 12.6. The summed E-state index contributed by atoms with van der Waals surface area (Å²) < 4.78 is 0. The highest BCUT2D eigenvalue weighted by atomic mass is 16.1. The minimum Gasteiger partial charge on any atom is -0.349 e. The first-order chi connectivity index (χ1) is 9.60. The molecule has 1 amide bonds. The lowest BCUT2D eigenvalue weighted by atomic mass is 9.85. The standard InChI is InChI=1S/C17H26N2O/c1-3-13-7-9-14(10-8-13)12(2)19-17(20)15-5-4-6-16(18)11-15/h7-10,12,15-16H,3-6,11,18H2,1-2H3,(H,19,20). The summed E-state index contributed by atoms with van der Waals surface area (Å²) in [6, 6.07) is 8.74. The third-order valence-electron chi connectivity index (χ3n) is 4.33. The van der Waals surface area contributed by atoms with Gasteiger partial charge in [0.1, 0.15) is 0 Å². The van der Waals surface area contributed by atoms with Crippen LogP contribution >= 0.6 is 0 Å². The van der Waals surface area contributed by atoms with Gasteiger partial charge in [-0.3, -0.25) is 4.79 Å². The summed E-state index contributed by atoms with van der Waals surface area (Å²) in [7, 11) is 0. The van der Waals surface area contributed by atoms with Crippen LogP contribution in [0.2, 0.25) is 0 Å². The van der Waals surface area contributed by atoms with Crippen molar-refractivity contribution in [2.45, 2.75) is 58.0 Å². The van der Waals surface area contributed by atoms with Crippen molar-refractivity contribution in [1.82, 2.24) is 5.32 Å². The quantitative estimate of drug-likeness (QED) is 0.887. The van der Waals surface area contributed by atoms with Gasteiger partial charge >= 0.3 is 0 Å². The Morgan fingerprint density at radius 1 is 1.35 bits per heavy atom. The molecule has 0 bridgehead atoms. The maximum Gasteiger partial charge on any atom is 0.223 e. The van der Waals surface area contributed by atoms with Crippen molar-refractivity contribution in [3.8, 4) is 0 Å². The molecule has 1 aromatic carbocycles. The van der Waals surface area contributed by atoms with Crippen molar-refractivity contribution in [2.24, 2.45) is 11.7 Å². The first-order valence-electron chi connectivity index (χ1n) is 7.75. The Kier molecular flexibility index (Phi) is 5.18. The van der Waals surface area contributed by atoms with Crippen LogP contribution in [0.4, 0.5) is 0 Å². The lowest BCUT2D eigenvalue weighted by molar-refractivity contribution is -0.126. The van der Waals surface area contributed by atoms with E-state index in [1.165, 1.54) is 5.56 Å². The van der Waals surface area contributed by atoms with Gasteiger partial charge in [0.25, 0.3) is 0 Å². The van der Waals surface area contributed by atoms with E-state index < -0.39 is 0 Å². The third-order valence-corrected chi connectivity index (χ3v) is 4.33. The Bertz CT molecular complexity index is 441. The van der Waals surface area contributed by atoms with Crippen LogP contribution in [-0.4, -0.2) is 11.9 Å². The van der Waals surface area contributed by atoms with Gasteiger partial charge in [-0.2, -0.15) is 0 Å². The van der Waals surface area contributed by atoms with E-state index in [0.29, 0.717) is 0 Å². The van der Waals surface area contributed by atoms with E-state index in [4.69, 9.17) is 5.73 Å². The number of nitrogens with one attached hydrogen (secondary N) is 1. The van der Waals surface area contributed by atoms with E-state index in [1.54, 1.807) is 0 Å². The van der Waals surface area contributed by atoms with Gasteiger partial charge in [0.2, 0.25) is 5.91 Å². The Morgan fingerprint density at radius 2 is 2.05 bits per heavy atom. The summed E-state index contributed by atoms with van der Waals surface area (Å²) in [5, 5.41) is 3.13. The Labute approximate surface area is 121 Å². The average Bonchev–Trinajstić information content (AvgIpc) is 2.47. The fourth-order valence-electron chi connectivity index (χ4n) is 2.92. The highest BCUT2D eigenvalue weighted by Gasteiger charge is 2.26. The number of nitrogens with two attached hydrogens (primary N) is 1. The van der Waals surface area contributed by atoms with Gasteiger partial charge in [0.05, 0.1) is 6.04 Å². The molecule has 3 N–H and O–H groups in total. The number of benzene rings is 1. The van der Waals surface area contributed by atoms with Crippen LogP contribution in [0.25, 0.3) is 0 Å². The molecule has 20 heavy (non-hydrogen) atoms. The molecule has 2 rings (SSSR count). The monoisotopic (exact) mass is 274 g/mol. The second-order valence-corrected chi connectivity index (χ2v) is 5.95. The number of aryl methyl sites for hydroxylation is 1. The molecule has 3 unspecified atom stereocenters. The van der Waals surface area contributed by atoms with E-state index in [1.807, 2.05) is 6.92 Å². The van der Waals surface area contributed by atoms with Crippen molar-refractivity contribution >= 4 is 5.91 Å². The van der Waals surface area contributed by atoms with E-state index in [2.05, 4.69) is 36.5 Å². The van der Waals surface area contributed by atoms with Gasteiger partial charge in [-0.05, 0) is 43.7 Å². The average molecular weight is 274 g/mol. The number of hydrogen-bond acceptors (Lipinski definition) is 2. The molecule has 1 aliphatic carbocycles. The minimum atomic E-state index is 0.0616. The van der Waals surface area contributed by atoms with Gasteiger partial charge in [0.15, 0.2) is 0 Å². The molecule has 3 nitrogen and oxygen atoms in total. The molecule has 0 heterocycles. The van der Waals surface area contributed by atoms with Gasteiger partial charge < -0.3 is 11.1 Å². The summed E-state index contributed by atoms with van der Waals surface area (Å²) >= 11 is 0. The molecule has 1 fully saturated rings. The SMILES string of the molecule is CCc1ccc(C(C)NC(=O)C2CCCC(N)C2)cc1. The molecule has 0 aromatic heterocycles. The van der Waals surface area contributed by atoms with Crippen LogP contribution in [0.1, 0.15) is 56.7 Å². The van der Waals surface area contributed by atoms with Gasteiger partial charge in [0, 0.05) is 12.0 Å². The molecule has 0 radical (unpaired) electrons. The molecule has 110 valence electrons. The molecule has 1 aliphatic rings. The van der Waals surface area contributed by atoms with Crippen LogP contribution < -0.4 is 11.1 Å². The van der Waals surface area contributed by atoms with Crippen molar-refractivity contribution in [1.29, 1.82) is 0 Å². The first-order valence-corrected chi connectivity index (χ1v) is 7.75. The fourth-order valence-corrected chi connectivity index (χ4v) is 2.92. The summed E-state index contributed by atoms with van der Waals surface area (Å²) in [4.78, 5) is 12.3. The number of carbonyl (C=O) groups is 1. The van der Waals surface area contributed by atoms with Gasteiger partial charge in [-0.25, -0.2) is 0 Å². The minimum absolute atomic E-state index is 0.0616. The number of rotatable bonds is 4. The van der Waals surface area contributed by atoms with Crippen LogP contribution in [-0.2, 0) is 11.2 Å². The molecule has 0 spiro atoms. The molecule has 3 heteroatoms. The van der Waals surface area contributed by atoms with Crippen LogP contribution in [0.15, 0.2) is 24.3 Å². The molecule has 1 aromatic rings. The van der Waals surface area contributed by atoms with Crippen LogP contribution in [0, 0.1) is 5.92 Å². The van der Waals surface area contributed by atoms with Crippen molar-refractivity contribution in [2.75, 3.05) is 0 Å². The Balaban J connectivity index is 1.92. The first kappa shape index (κ1) is 15.0. The zero-order valence-corrected chi connectivity index (χ0v) is 12.6. The second kappa shape index (κ2) is 6.89. The van der Waals surface area contributed by atoms with Crippen molar-refractivity contribution in [3.05, 3.63) is 35.4 Å². The summed E-state index contributed by atoms with van der Waals surface area (Å²) in [6.07, 6.45) is 4.96. The molecular weight excluding hydrogens is 248 g/mol. The number of amides is 1. The van der Waals surface area contributed by atoms with E-state index in [-0.39, 0.29) is 23.9 Å². The topological polar surface area (TPSA) is 55.1 Å². The number of carbonyl (C=O) groups excluding carboxylic acids is 1. The summed E-state index contributed by atoms with van der Waals surface area (Å²) in [5.41, 5.74) is 8.44. The zero-order chi connectivity index (χ0) is 14.5. The van der Waals surface area contributed by atoms with E-state index in [9.17, 15) is 4.79 Å². The lowest BCUT2D eigenvalue weighted by Crippen LogP contribution is -2.38. The normalized spacial score (nSPS) is 24.1. The largest absolute Gasteiger partial charge is 0.349 e. The molecular formula is C17H26N2O. The second-order valence-electron chi connectivity index (χ2n) is 5.95. The molecule has 3 atom stereocenters. The summed E-state index contributed by atoms with van der Waals surface area (Å²) in [5.74, 6) is 0.253.